The Kier molecular flexibility index (Phi) is 15.0. The van der Waals surface area contributed by atoms with Crippen molar-refractivity contribution in [1.29, 1.82) is 0 Å². The van der Waals surface area contributed by atoms with Gasteiger partial charge in [0, 0.05) is 23.0 Å². The molecular formula is C46H57NO11. The van der Waals surface area contributed by atoms with E-state index in [4.69, 9.17) is 43.6 Å². The normalized spacial score (nSPS) is 18.8. The first kappa shape index (κ1) is 43.3. The van der Waals surface area contributed by atoms with Gasteiger partial charge in [0.05, 0.1) is 62.6 Å². The van der Waals surface area contributed by atoms with Crippen LogP contribution in [0, 0.1) is 11.8 Å². The largest absolute Gasteiger partial charge is 0.504 e. The summed E-state index contributed by atoms with van der Waals surface area (Å²) in [5.74, 6) is 3.98. The highest BCUT2D eigenvalue weighted by Crippen LogP contribution is 2.46. The number of nitrogen functional groups attached to an aromatic ring is 1. The fourth-order valence-corrected chi connectivity index (χ4v) is 8.48. The lowest BCUT2D eigenvalue weighted by molar-refractivity contribution is 0.0860. The summed E-state index contributed by atoms with van der Waals surface area (Å²) in [5.41, 5.74) is 9.85. The van der Waals surface area contributed by atoms with Crippen LogP contribution in [0.25, 0.3) is 0 Å². The molecule has 0 saturated heterocycles. The number of phenolic OH excluding ortho intramolecular Hbond substituents is 1. The first-order chi connectivity index (χ1) is 28.1. The van der Waals surface area contributed by atoms with Gasteiger partial charge in [-0.25, -0.2) is 0 Å². The summed E-state index contributed by atoms with van der Waals surface area (Å²) in [4.78, 5) is 27.0. The van der Waals surface area contributed by atoms with Crippen molar-refractivity contribution in [2.75, 3.05) is 62.6 Å². The molecule has 0 radical (unpaired) electrons. The predicted octanol–water partition coefficient (Wildman–Crippen LogP) is 9.04. The van der Waals surface area contributed by atoms with Gasteiger partial charge in [0.1, 0.15) is 5.75 Å². The molecule has 0 amide bonds. The number of hydrogen-bond donors (Lipinski definition) is 2. The maximum Gasteiger partial charge on any atom is 0.203 e. The average Bonchev–Trinajstić information content (AvgIpc) is 3.27. The molecule has 0 spiro atoms. The Bertz CT molecular complexity index is 1850. The Labute approximate surface area is 341 Å². The quantitative estimate of drug-likeness (QED) is 0.0924. The van der Waals surface area contributed by atoms with Crippen LogP contribution in [0.15, 0.2) is 60.7 Å². The summed E-state index contributed by atoms with van der Waals surface area (Å²) in [5, 5.41) is 10.2. The van der Waals surface area contributed by atoms with Gasteiger partial charge in [0.25, 0.3) is 0 Å². The number of anilines is 1. The summed E-state index contributed by atoms with van der Waals surface area (Å²) in [6.45, 7) is 0. The molecule has 2 fully saturated rings. The number of aromatic hydroxyl groups is 1. The van der Waals surface area contributed by atoms with Crippen LogP contribution in [0.5, 0.6) is 51.7 Å². The number of methoxy groups -OCH3 is 8. The van der Waals surface area contributed by atoms with Crippen LogP contribution in [0.1, 0.15) is 95.0 Å². The molecule has 58 heavy (non-hydrogen) atoms. The Morgan fingerprint density at radius 1 is 0.483 bits per heavy atom. The minimum Gasteiger partial charge on any atom is -0.504 e. The number of ether oxygens (including phenoxy) is 8. The highest BCUT2D eigenvalue weighted by atomic mass is 16.5. The van der Waals surface area contributed by atoms with E-state index in [1.807, 2.05) is 24.3 Å². The van der Waals surface area contributed by atoms with E-state index in [1.165, 1.54) is 28.4 Å². The zero-order chi connectivity index (χ0) is 41.9. The second kappa shape index (κ2) is 20.1. The third-order valence-electron chi connectivity index (χ3n) is 11.4. The zero-order valence-electron chi connectivity index (χ0n) is 34.8. The van der Waals surface area contributed by atoms with Crippen molar-refractivity contribution >= 4 is 17.3 Å². The van der Waals surface area contributed by atoms with Crippen LogP contribution in [-0.2, 0) is 0 Å². The van der Waals surface area contributed by atoms with Gasteiger partial charge < -0.3 is 48.7 Å². The van der Waals surface area contributed by atoms with Gasteiger partial charge in [0.15, 0.2) is 46.1 Å². The number of phenols is 1. The Hall–Kier alpha value is -5.78. The first-order valence-electron chi connectivity index (χ1n) is 19.6. The first-order valence-corrected chi connectivity index (χ1v) is 19.6. The molecule has 0 heterocycles. The van der Waals surface area contributed by atoms with Crippen LogP contribution in [0.4, 0.5) is 5.69 Å². The molecule has 0 bridgehead atoms. The van der Waals surface area contributed by atoms with Crippen molar-refractivity contribution in [1.82, 2.24) is 0 Å². The lowest BCUT2D eigenvalue weighted by atomic mass is 9.72. The topological polar surface area (TPSA) is 154 Å². The highest BCUT2D eigenvalue weighted by Gasteiger charge is 2.35. The second-order valence-electron chi connectivity index (χ2n) is 14.5. The van der Waals surface area contributed by atoms with Crippen LogP contribution in [0.2, 0.25) is 0 Å². The molecule has 0 aromatic heterocycles. The number of benzene rings is 4. The standard InChI is InChI=1S/C23H29NO5.C23H28O6/c2*1-26-19-10-9-14(11-18(19)24)16-7-5-6-8-17(16)22(25)15-12-20(27-2)23(29-4)21(13-15)28-3/h9-13,16-17H,5-8,24H2,1-4H3;9-13,16-17,24H,5-8H2,1-4H3. The molecule has 2 aliphatic carbocycles. The molecule has 2 saturated carbocycles. The van der Waals surface area contributed by atoms with Crippen molar-refractivity contribution in [3.63, 3.8) is 0 Å². The number of hydrogen-bond acceptors (Lipinski definition) is 12. The van der Waals surface area contributed by atoms with Crippen molar-refractivity contribution in [2.24, 2.45) is 11.8 Å². The average molecular weight is 800 g/mol. The monoisotopic (exact) mass is 799 g/mol. The van der Waals surface area contributed by atoms with E-state index < -0.39 is 0 Å². The van der Waals surface area contributed by atoms with Gasteiger partial charge in [-0.15, -0.1) is 0 Å². The SMILES string of the molecule is COc1ccc(C2CCCCC2C(=O)c2cc(OC)c(OC)c(OC)c2)cc1N.COc1ccc(C2CCCCC2C(=O)c2cc(OC)c(OC)c(OC)c2)cc1O. The van der Waals surface area contributed by atoms with Crippen LogP contribution in [0.3, 0.4) is 0 Å². The molecular weight excluding hydrogens is 743 g/mol. The zero-order valence-corrected chi connectivity index (χ0v) is 34.8. The van der Waals surface area contributed by atoms with Crippen LogP contribution < -0.4 is 43.6 Å². The molecule has 6 rings (SSSR count). The molecule has 12 heteroatoms. The number of rotatable bonds is 14. The molecule has 2 aliphatic rings. The van der Waals surface area contributed by atoms with E-state index in [2.05, 4.69) is 0 Å². The van der Waals surface area contributed by atoms with Gasteiger partial charge in [0.2, 0.25) is 11.5 Å². The van der Waals surface area contributed by atoms with E-state index in [1.54, 1.807) is 64.8 Å². The molecule has 4 unspecified atom stereocenters. The van der Waals surface area contributed by atoms with E-state index in [0.717, 1.165) is 62.5 Å². The van der Waals surface area contributed by atoms with Gasteiger partial charge in [-0.1, -0.05) is 37.8 Å². The van der Waals surface area contributed by atoms with Gasteiger partial charge in [-0.05, 0) is 97.2 Å². The molecule has 12 nitrogen and oxygen atoms in total. The Morgan fingerprint density at radius 3 is 1.19 bits per heavy atom. The van der Waals surface area contributed by atoms with Gasteiger partial charge in [-0.2, -0.15) is 0 Å². The third kappa shape index (κ3) is 9.33. The number of ketones is 2. The van der Waals surface area contributed by atoms with Crippen LogP contribution in [-0.4, -0.2) is 73.6 Å². The number of carbonyl (C=O) groups is 2. The van der Waals surface area contributed by atoms with Crippen LogP contribution >= 0.6 is 0 Å². The van der Waals surface area contributed by atoms with E-state index in [0.29, 0.717) is 62.8 Å². The maximum absolute atomic E-state index is 13.5. The molecule has 0 aliphatic heterocycles. The molecule has 312 valence electrons. The summed E-state index contributed by atoms with van der Waals surface area (Å²) in [6.07, 6.45) is 7.66. The van der Waals surface area contributed by atoms with Crippen molar-refractivity contribution in [3.05, 3.63) is 82.9 Å². The fraction of sp³-hybridized carbons (Fsp3) is 0.435. The smallest absolute Gasteiger partial charge is 0.203 e. The number of nitrogens with two attached hydrogens (primary N) is 1. The summed E-state index contributed by atoms with van der Waals surface area (Å²) in [6, 6.07) is 18.1. The van der Waals surface area contributed by atoms with Gasteiger partial charge >= 0.3 is 0 Å². The number of carbonyl (C=O) groups excluding carboxylic acids is 2. The third-order valence-corrected chi connectivity index (χ3v) is 11.4. The highest BCUT2D eigenvalue weighted by molar-refractivity contribution is 6.00. The summed E-state index contributed by atoms with van der Waals surface area (Å²) >= 11 is 0. The predicted molar refractivity (Wildman–Crippen MR) is 222 cm³/mol. The van der Waals surface area contributed by atoms with E-state index in [-0.39, 0.29) is 41.0 Å². The van der Waals surface area contributed by atoms with E-state index in [9.17, 15) is 14.7 Å². The maximum atomic E-state index is 13.5. The van der Waals surface area contributed by atoms with Crippen molar-refractivity contribution in [2.45, 2.75) is 63.2 Å². The minimum atomic E-state index is -0.181. The lowest BCUT2D eigenvalue weighted by Crippen LogP contribution is -2.26. The minimum absolute atomic E-state index is 0.0344. The lowest BCUT2D eigenvalue weighted by Gasteiger charge is -2.31. The fourth-order valence-electron chi connectivity index (χ4n) is 8.48. The molecule has 3 N–H and O–H groups in total. The Balaban J connectivity index is 0.000000221. The van der Waals surface area contributed by atoms with Crippen molar-refractivity contribution < 1.29 is 52.6 Å². The van der Waals surface area contributed by atoms with E-state index >= 15 is 0 Å². The molecule has 4 aromatic rings. The van der Waals surface area contributed by atoms with Crippen molar-refractivity contribution in [3.8, 4) is 51.7 Å². The Morgan fingerprint density at radius 2 is 0.845 bits per heavy atom. The molecule has 4 atom stereocenters. The number of Topliss-reactive ketones (excluding diaryl/α,β-unsaturated/α-hetero) is 2. The summed E-state index contributed by atoms with van der Waals surface area (Å²) in [7, 11) is 12.4. The summed E-state index contributed by atoms with van der Waals surface area (Å²) < 4.78 is 42.8. The molecule has 4 aromatic carbocycles. The second-order valence-corrected chi connectivity index (χ2v) is 14.5. The van der Waals surface area contributed by atoms with Gasteiger partial charge in [-0.3, -0.25) is 9.59 Å².